The highest BCUT2D eigenvalue weighted by atomic mass is 32.2. The van der Waals surface area contributed by atoms with E-state index in [9.17, 15) is 18.5 Å². The Kier molecular flexibility index (Phi) is 8.45. The number of non-ortho nitro benzene ring substituents is 1. The van der Waals surface area contributed by atoms with Crippen LogP contribution in [0, 0.1) is 10.1 Å². The Morgan fingerprint density at radius 1 is 0.757 bits per heavy atom. The van der Waals surface area contributed by atoms with Gasteiger partial charge in [0.2, 0.25) is 5.75 Å². The Labute approximate surface area is 214 Å². The average Bonchev–Trinajstić information content (AvgIpc) is 2.91. The van der Waals surface area contributed by atoms with Crippen LogP contribution in [0.25, 0.3) is 12.2 Å². The molecule has 0 heterocycles. The maximum absolute atomic E-state index is 13.2. The molecule has 0 atom stereocenters. The Balaban J connectivity index is 2.08. The van der Waals surface area contributed by atoms with Crippen LogP contribution in [-0.2, 0) is 10.0 Å². The zero-order chi connectivity index (χ0) is 27.2. The van der Waals surface area contributed by atoms with Gasteiger partial charge in [-0.25, -0.2) is 8.42 Å². The van der Waals surface area contributed by atoms with Crippen LogP contribution in [0.15, 0.2) is 53.4 Å². The number of hydrogen-bond acceptors (Lipinski definition) is 9. The van der Waals surface area contributed by atoms with Crippen LogP contribution < -0.4 is 28.4 Å². The standard InChI is InChI=1S/C25H26N2O9S/c1-32-20-13-8-17(7-6-16-14-21(33-2)24(35-4)22(15-16)34-3)23(25(20)36-5)26-37(30,31)19-11-9-18(10-12-19)27(28)29/h6-15,26H,1-5H3. The summed E-state index contributed by atoms with van der Waals surface area (Å²) in [7, 11) is 3.18. The van der Waals surface area contributed by atoms with Crippen molar-refractivity contribution in [1.82, 2.24) is 0 Å². The molecule has 0 aromatic heterocycles. The van der Waals surface area contributed by atoms with Crippen molar-refractivity contribution in [2.45, 2.75) is 4.90 Å². The Morgan fingerprint density at radius 3 is 1.81 bits per heavy atom. The number of rotatable bonds is 11. The van der Waals surface area contributed by atoms with Gasteiger partial charge in [0.1, 0.15) is 5.69 Å². The summed E-state index contributed by atoms with van der Waals surface area (Å²) in [6.45, 7) is 0. The Morgan fingerprint density at radius 2 is 1.32 bits per heavy atom. The van der Waals surface area contributed by atoms with Gasteiger partial charge in [0.15, 0.2) is 23.0 Å². The quantitative estimate of drug-likeness (QED) is 0.214. The summed E-state index contributed by atoms with van der Waals surface area (Å²) in [6.07, 6.45) is 3.41. The van der Waals surface area contributed by atoms with Crippen molar-refractivity contribution in [2.24, 2.45) is 0 Å². The van der Waals surface area contributed by atoms with E-state index in [1.165, 1.54) is 35.5 Å². The lowest BCUT2D eigenvalue weighted by Gasteiger charge is -2.17. The highest BCUT2D eigenvalue weighted by molar-refractivity contribution is 7.92. The van der Waals surface area contributed by atoms with Gasteiger partial charge in [0, 0.05) is 17.7 Å². The number of nitro benzene ring substituents is 1. The first-order chi connectivity index (χ1) is 17.7. The van der Waals surface area contributed by atoms with Gasteiger partial charge < -0.3 is 23.7 Å². The highest BCUT2D eigenvalue weighted by Crippen LogP contribution is 2.41. The smallest absolute Gasteiger partial charge is 0.269 e. The maximum Gasteiger partial charge on any atom is 0.269 e. The lowest BCUT2D eigenvalue weighted by Crippen LogP contribution is -2.15. The van der Waals surface area contributed by atoms with Crippen LogP contribution in [0.5, 0.6) is 28.7 Å². The highest BCUT2D eigenvalue weighted by Gasteiger charge is 2.22. The van der Waals surface area contributed by atoms with Crippen molar-refractivity contribution in [1.29, 1.82) is 0 Å². The average molecular weight is 531 g/mol. The molecule has 196 valence electrons. The van der Waals surface area contributed by atoms with E-state index in [0.717, 1.165) is 24.3 Å². The van der Waals surface area contributed by atoms with E-state index >= 15 is 0 Å². The second-order valence-corrected chi connectivity index (χ2v) is 9.10. The number of benzene rings is 3. The van der Waals surface area contributed by atoms with E-state index < -0.39 is 14.9 Å². The molecule has 0 bridgehead atoms. The molecule has 0 spiro atoms. The first-order valence-corrected chi connectivity index (χ1v) is 12.2. The fourth-order valence-electron chi connectivity index (χ4n) is 3.51. The van der Waals surface area contributed by atoms with E-state index in [4.69, 9.17) is 23.7 Å². The summed E-state index contributed by atoms with van der Waals surface area (Å²) in [5.74, 6) is 1.79. The maximum atomic E-state index is 13.2. The van der Waals surface area contributed by atoms with Gasteiger partial charge in [-0.15, -0.1) is 0 Å². The van der Waals surface area contributed by atoms with Crippen molar-refractivity contribution in [3.8, 4) is 28.7 Å². The van der Waals surface area contributed by atoms with E-state index in [1.807, 2.05) is 0 Å². The molecular weight excluding hydrogens is 504 g/mol. The predicted octanol–water partition coefficient (Wildman–Crippen LogP) is 4.61. The van der Waals surface area contributed by atoms with Crippen molar-refractivity contribution in [3.05, 3.63) is 69.8 Å². The van der Waals surface area contributed by atoms with Crippen molar-refractivity contribution in [3.63, 3.8) is 0 Å². The molecule has 3 rings (SSSR count). The zero-order valence-electron chi connectivity index (χ0n) is 20.8. The molecule has 0 aliphatic rings. The van der Waals surface area contributed by atoms with Gasteiger partial charge in [-0.2, -0.15) is 0 Å². The fourth-order valence-corrected chi connectivity index (χ4v) is 4.60. The minimum atomic E-state index is -4.15. The van der Waals surface area contributed by atoms with Gasteiger partial charge in [-0.05, 0) is 42.0 Å². The molecule has 0 radical (unpaired) electrons. The zero-order valence-corrected chi connectivity index (χ0v) is 21.6. The SMILES string of the molecule is COc1cc(C=Cc2ccc(OC)c(OC)c2NS(=O)(=O)c2ccc([N+](=O)[O-])cc2)cc(OC)c1OC. The molecule has 1 N–H and O–H groups in total. The second-order valence-electron chi connectivity index (χ2n) is 7.41. The molecule has 0 saturated carbocycles. The summed E-state index contributed by atoms with van der Waals surface area (Å²) < 4.78 is 55.8. The van der Waals surface area contributed by atoms with Gasteiger partial charge in [0.05, 0.1) is 45.4 Å². The molecule has 3 aromatic rings. The third-order valence-electron chi connectivity index (χ3n) is 5.31. The minimum absolute atomic E-state index is 0.115. The number of nitro groups is 1. The minimum Gasteiger partial charge on any atom is -0.493 e. The topological polar surface area (TPSA) is 135 Å². The summed E-state index contributed by atoms with van der Waals surface area (Å²) in [5, 5.41) is 10.9. The van der Waals surface area contributed by atoms with Crippen LogP contribution in [0.4, 0.5) is 11.4 Å². The predicted molar refractivity (Wildman–Crippen MR) is 138 cm³/mol. The van der Waals surface area contributed by atoms with Crippen molar-refractivity contribution < 1.29 is 37.0 Å². The fraction of sp³-hybridized carbons (Fsp3) is 0.200. The molecule has 0 aliphatic carbocycles. The molecular formula is C25H26N2O9S. The summed E-state index contributed by atoms with van der Waals surface area (Å²) in [4.78, 5) is 10.2. The largest absolute Gasteiger partial charge is 0.493 e. The normalized spacial score (nSPS) is 11.2. The number of ether oxygens (including phenoxy) is 5. The van der Waals surface area contributed by atoms with E-state index in [2.05, 4.69) is 4.72 Å². The monoisotopic (exact) mass is 530 g/mol. The summed E-state index contributed by atoms with van der Waals surface area (Å²) >= 11 is 0. The Hall–Kier alpha value is -4.45. The summed E-state index contributed by atoms with van der Waals surface area (Å²) in [6, 6.07) is 11.3. The molecule has 0 unspecified atom stereocenters. The number of sulfonamides is 1. The van der Waals surface area contributed by atoms with E-state index in [-0.39, 0.29) is 22.0 Å². The number of nitrogens with one attached hydrogen (secondary N) is 1. The molecule has 0 aliphatic heterocycles. The molecule has 0 saturated heterocycles. The van der Waals surface area contributed by atoms with Crippen molar-refractivity contribution >= 4 is 33.6 Å². The molecule has 12 heteroatoms. The number of hydrogen-bond donors (Lipinski definition) is 1. The van der Waals surface area contributed by atoms with Crippen LogP contribution in [0.1, 0.15) is 11.1 Å². The first kappa shape index (κ1) is 27.1. The number of methoxy groups -OCH3 is 5. The Bertz CT molecular complexity index is 1390. The van der Waals surface area contributed by atoms with Crippen molar-refractivity contribution in [2.75, 3.05) is 40.3 Å². The molecule has 3 aromatic carbocycles. The van der Waals surface area contributed by atoms with Gasteiger partial charge in [0.25, 0.3) is 15.7 Å². The van der Waals surface area contributed by atoms with E-state index in [0.29, 0.717) is 34.1 Å². The molecule has 37 heavy (non-hydrogen) atoms. The lowest BCUT2D eigenvalue weighted by atomic mass is 10.1. The number of nitrogens with zero attached hydrogens (tertiary/aromatic N) is 1. The summed E-state index contributed by atoms with van der Waals surface area (Å²) in [5.41, 5.74) is 1.03. The van der Waals surface area contributed by atoms with Gasteiger partial charge in [-0.3, -0.25) is 14.8 Å². The molecule has 0 amide bonds. The van der Waals surface area contributed by atoms with Crippen LogP contribution in [0.2, 0.25) is 0 Å². The van der Waals surface area contributed by atoms with Gasteiger partial charge >= 0.3 is 0 Å². The first-order valence-electron chi connectivity index (χ1n) is 10.7. The van der Waals surface area contributed by atoms with Crippen LogP contribution >= 0.6 is 0 Å². The lowest BCUT2D eigenvalue weighted by molar-refractivity contribution is -0.384. The third-order valence-corrected chi connectivity index (χ3v) is 6.68. The third kappa shape index (κ3) is 5.86. The van der Waals surface area contributed by atoms with E-state index in [1.54, 1.807) is 36.4 Å². The number of anilines is 1. The van der Waals surface area contributed by atoms with Crippen LogP contribution in [-0.4, -0.2) is 48.9 Å². The molecule has 11 nitrogen and oxygen atoms in total. The van der Waals surface area contributed by atoms with Gasteiger partial charge in [-0.1, -0.05) is 12.2 Å². The van der Waals surface area contributed by atoms with Crippen LogP contribution in [0.3, 0.4) is 0 Å². The second kappa shape index (κ2) is 11.5. The molecule has 0 fully saturated rings.